The van der Waals surface area contributed by atoms with Crippen molar-refractivity contribution in [2.75, 3.05) is 6.61 Å². The molecule has 1 saturated heterocycles. The zero-order valence-corrected chi connectivity index (χ0v) is 9.52. The van der Waals surface area contributed by atoms with E-state index in [-0.39, 0.29) is 6.10 Å². The molecule has 0 aromatic carbocycles. The zero-order valence-electron chi connectivity index (χ0n) is 9.52. The molecule has 0 aliphatic carbocycles. The van der Waals surface area contributed by atoms with Gasteiger partial charge in [-0.3, -0.25) is 0 Å². The molecule has 0 bridgehead atoms. The summed E-state index contributed by atoms with van der Waals surface area (Å²) in [6, 6.07) is 4.22. The first-order valence-corrected chi connectivity index (χ1v) is 5.90. The Balaban J connectivity index is 2.05. The van der Waals surface area contributed by atoms with Crippen LogP contribution in [0.1, 0.15) is 36.8 Å². The van der Waals surface area contributed by atoms with Crippen molar-refractivity contribution in [3.05, 3.63) is 35.9 Å². The van der Waals surface area contributed by atoms with Gasteiger partial charge in [-0.1, -0.05) is 6.07 Å². The lowest BCUT2D eigenvalue weighted by molar-refractivity contribution is 0.00915. The summed E-state index contributed by atoms with van der Waals surface area (Å²) in [4.78, 5) is 4.50. The van der Waals surface area contributed by atoms with Gasteiger partial charge in [-0.05, 0) is 37.8 Å². The van der Waals surface area contributed by atoms with E-state index < -0.39 is 0 Å². The van der Waals surface area contributed by atoms with Gasteiger partial charge in [0, 0.05) is 12.8 Å². The second kappa shape index (κ2) is 3.91. The van der Waals surface area contributed by atoms with Crippen molar-refractivity contribution in [1.82, 2.24) is 9.38 Å². The zero-order chi connectivity index (χ0) is 11.0. The SMILES string of the molecule is Cc1ccc2cnc(C3CCCCO3)n2c1. The number of hydrogen-bond acceptors (Lipinski definition) is 2. The average molecular weight is 216 g/mol. The fourth-order valence-electron chi connectivity index (χ4n) is 2.30. The van der Waals surface area contributed by atoms with Gasteiger partial charge in [-0.15, -0.1) is 0 Å². The number of hydrogen-bond donors (Lipinski definition) is 0. The highest BCUT2D eigenvalue weighted by atomic mass is 16.5. The molecule has 3 rings (SSSR count). The van der Waals surface area contributed by atoms with E-state index in [2.05, 4.69) is 34.6 Å². The minimum atomic E-state index is 0.179. The molecule has 2 aromatic rings. The number of aromatic nitrogens is 2. The van der Waals surface area contributed by atoms with Gasteiger partial charge >= 0.3 is 0 Å². The number of fused-ring (bicyclic) bond motifs is 1. The normalized spacial score (nSPS) is 21.4. The summed E-state index contributed by atoms with van der Waals surface area (Å²) in [7, 11) is 0. The van der Waals surface area contributed by atoms with Crippen LogP contribution in [0.4, 0.5) is 0 Å². The minimum Gasteiger partial charge on any atom is -0.370 e. The standard InChI is InChI=1S/C13H16N2O/c1-10-5-6-11-8-14-13(15(11)9-10)12-4-2-3-7-16-12/h5-6,8-9,12H,2-4,7H2,1H3. The van der Waals surface area contributed by atoms with Gasteiger partial charge in [0.15, 0.2) is 0 Å². The van der Waals surface area contributed by atoms with E-state index in [9.17, 15) is 0 Å². The lowest BCUT2D eigenvalue weighted by atomic mass is 10.1. The van der Waals surface area contributed by atoms with Crippen LogP contribution in [0.3, 0.4) is 0 Å². The highest BCUT2D eigenvalue weighted by Gasteiger charge is 2.20. The van der Waals surface area contributed by atoms with Gasteiger partial charge < -0.3 is 9.14 Å². The molecule has 1 fully saturated rings. The predicted octanol–water partition coefficient (Wildman–Crippen LogP) is 2.88. The maximum Gasteiger partial charge on any atom is 0.142 e. The minimum absolute atomic E-state index is 0.179. The maximum absolute atomic E-state index is 5.79. The molecule has 1 aliphatic heterocycles. The number of rotatable bonds is 1. The number of nitrogens with zero attached hydrogens (tertiary/aromatic N) is 2. The number of aryl methyl sites for hydroxylation is 1. The van der Waals surface area contributed by atoms with Crippen molar-refractivity contribution in [2.45, 2.75) is 32.3 Å². The largest absolute Gasteiger partial charge is 0.370 e. The molecule has 0 radical (unpaired) electrons. The lowest BCUT2D eigenvalue weighted by Gasteiger charge is -2.21. The van der Waals surface area contributed by atoms with Gasteiger partial charge in [-0.25, -0.2) is 4.98 Å². The van der Waals surface area contributed by atoms with Crippen LogP contribution in [0, 0.1) is 6.92 Å². The van der Waals surface area contributed by atoms with Crippen LogP contribution in [-0.2, 0) is 4.74 Å². The van der Waals surface area contributed by atoms with Crippen molar-refractivity contribution in [2.24, 2.45) is 0 Å². The molecule has 3 heteroatoms. The van der Waals surface area contributed by atoms with Gasteiger partial charge in [0.1, 0.15) is 11.9 Å². The van der Waals surface area contributed by atoms with Crippen LogP contribution < -0.4 is 0 Å². The molecule has 16 heavy (non-hydrogen) atoms. The van der Waals surface area contributed by atoms with Gasteiger partial charge in [0.2, 0.25) is 0 Å². The van der Waals surface area contributed by atoms with Crippen molar-refractivity contribution >= 4 is 5.52 Å². The van der Waals surface area contributed by atoms with E-state index >= 15 is 0 Å². The summed E-state index contributed by atoms with van der Waals surface area (Å²) < 4.78 is 7.95. The Morgan fingerprint density at radius 2 is 2.31 bits per heavy atom. The van der Waals surface area contributed by atoms with E-state index in [4.69, 9.17) is 4.74 Å². The summed E-state index contributed by atoms with van der Waals surface area (Å²) in [6.07, 6.45) is 7.75. The van der Waals surface area contributed by atoms with Crippen molar-refractivity contribution < 1.29 is 4.74 Å². The first kappa shape index (κ1) is 9.85. The van der Waals surface area contributed by atoms with E-state index in [0.29, 0.717) is 0 Å². The highest BCUT2D eigenvalue weighted by Crippen LogP contribution is 2.27. The summed E-state index contributed by atoms with van der Waals surface area (Å²) in [6.45, 7) is 2.97. The maximum atomic E-state index is 5.79. The molecule has 1 aliphatic rings. The van der Waals surface area contributed by atoms with Gasteiger partial charge in [0.05, 0.1) is 11.7 Å². The van der Waals surface area contributed by atoms with Crippen LogP contribution in [-0.4, -0.2) is 16.0 Å². The van der Waals surface area contributed by atoms with Crippen LogP contribution in [0.15, 0.2) is 24.5 Å². The Labute approximate surface area is 95.1 Å². The third-order valence-electron chi connectivity index (χ3n) is 3.17. The first-order valence-electron chi connectivity index (χ1n) is 5.90. The molecular weight excluding hydrogens is 200 g/mol. The van der Waals surface area contributed by atoms with Crippen LogP contribution >= 0.6 is 0 Å². The molecular formula is C13H16N2O. The van der Waals surface area contributed by atoms with E-state index in [1.807, 2.05) is 6.20 Å². The predicted molar refractivity (Wildman–Crippen MR) is 62.5 cm³/mol. The summed E-state index contributed by atoms with van der Waals surface area (Å²) >= 11 is 0. The second-order valence-electron chi connectivity index (χ2n) is 4.47. The number of imidazole rings is 1. The van der Waals surface area contributed by atoms with Gasteiger partial charge in [-0.2, -0.15) is 0 Å². The summed E-state index contributed by atoms with van der Waals surface area (Å²) in [5.41, 5.74) is 2.40. The van der Waals surface area contributed by atoms with Crippen LogP contribution in [0.5, 0.6) is 0 Å². The van der Waals surface area contributed by atoms with E-state index in [1.165, 1.54) is 18.4 Å². The van der Waals surface area contributed by atoms with E-state index in [1.54, 1.807) is 0 Å². The van der Waals surface area contributed by atoms with Crippen molar-refractivity contribution in [3.63, 3.8) is 0 Å². The van der Waals surface area contributed by atoms with Gasteiger partial charge in [0.25, 0.3) is 0 Å². The molecule has 1 atom stereocenters. The monoisotopic (exact) mass is 216 g/mol. The summed E-state index contributed by atoms with van der Waals surface area (Å²) in [5, 5.41) is 0. The molecule has 1 unspecified atom stereocenters. The van der Waals surface area contributed by atoms with E-state index in [0.717, 1.165) is 24.4 Å². The Bertz CT molecular complexity index is 498. The fraction of sp³-hybridized carbons (Fsp3) is 0.462. The molecule has 0 N–H and O–H groups in total. The molecule has 0 amide bonds. The lowest BCUT2D eigenvalue weighted by Crippen LogP contribution is -2.14. The third-order valence-corrected chi connectivity index (χ3v) is 3.17. The fourth-order valence-corrected chi connectivity index (χ4v) is 2.30. The third kappa shape index (κ3) is 1.61. The Morgan fingerprint density at radius 3 is 3.12 bits per heavy atom. The Kier molecular flexibility index (Phi) is 2.40. The Hall–Kier alpha value is -1.35. The molecule has 84 valence electrons. The van der Waals surface area contributed by atoms with Crippen LogP contribution in [0.25, 0.3) is 5.52 Å². The number of pyridine rings is 1. The first-order chi connectivity index (χ1) is 7.84. The smallest absolute Gasteiger partial charge is 0.142 e. The highest BCUT2D eigenvalue weighted by molar-refractivity contribution is 5.47. The quantitative estimate of drug-likeness (QED) is 0.732. The topological polar surface area (TPSA) is 26.5 Å². The second-order valence-corrected chi connectivity index (χ2v) is 4.47. The summed E-state index contributed by atoms with van der Waals surface area (Å²) in [5.74, 6) is 1.05. The van der Waals surface area contributed by atoms with Crippen molar-refractivity contribution in [1.29, 1.82) is 0 Å². The molecule has 0 saturated carbocycles. The number of ether oxygens (including phenoxy) is 1. The van der Waals surface area contributed by atoms with Crippen molar-refractivity contribution in [3.8, 4) is 0 Å². The molecule has 3 nitrogen and oxygen atoms in total. The molecule has 3 heterocycles. The molecule has 0 spiro atoms. The van der Waals surface area contributed by atoms with Crippen LogP contribution in [0.2, 0.25) is 0 Å². The Morgan fingerprint density at radius 1 is 1.38 bits per heavy atom. The average Bonchev–Trinajstić information content (AvgIpc) is 2.73. The molecule has 2 aromatic heterocycles.